The van der Waals surface area contributed by atoms with Gasteiger partial charge in [0.15, 0.2) is 0 Å². The second-order valence-electron chi connectivity index (χ2n) is 3.22. The number of rotatable bonds is 5. The van der Waals surface area contributed by atoms with Crippen molar-refractivity contribution < 1.29 is 14.3 Å². The fourth-order valence-corrected chi connectivity index (χ4v) is 1.23. The molecule has 0 aromatic carbocycles. The number of anilines is 1. The number of nitrogens with zero attached hydrogens (tertiary/aromatic N) is 1. The number of ether oxygens (including phenoxy) is 1. The van der Waals surface area contributed by atoms with Crippen LogP contribution in [-0.4, -0.2) is 23.5 Å². The lowest BCUT2D eigenvalue weighted by Gasteiger charge is -2.04. The van der Waals surface area contributed by atoms with Crippen molar-refractivity contribution in [1.29, 1.82) is 0 Å². The molecule has 0 aliphatic carbocycles. The molecule has 17 heavy (non-hydrogen) atoms. The summed E-state index contributed by atoms with van der Waals surface area (Å²) in [6.45, 7) is 2.04. The van der Waals surface area contributed by atoms with Gasteiger partial charge in [0, 0.05) is 6.42 Å². The fraction of sp³-hybridized carbons (Fsp3) is 0.364. The summed E-state index contributed by atoms with van der Waals surface area (Å²) in [6.07, 6.45) is 1.60. The lowest BCUT2D eigenvalue weighted by Crippen LogP contribution is -2.14. The number of carbonyl (C=O) groups excluding carboxylic acids is 2. The van der Waals surface area contributed by atoms with E-state index in [0.717, 1.165) is 0 Å². The smallest absolute Gasteiger partial charge is 0.306 e. The summed E-state index contributed by atoms with van der Waals surface area (Å²) in [5, 5.41) is 2.95. The highest BCUT2D eigenvalue weighted by Gasteiger charge is 2.07. The van der Waals surface area contributed by atoms with Crippen molar-refractivity contribution in [2.24, 2.45) is 0 Å². The number of carbonyl (C=O) groups is 2. The summed E-state index contributed by atoms with van der Waals surface area (Å²) in [5.74, 6) is -0.640. The van der Waals surface area contributed by atoms with Crippen molar-refractivity contribution in [2.45, 2.75) is 19.8 Å². The molecule has 0 saturated heterocycles. The molecule has 0 unspecified atom stereocenters. The van der Waals surface area contributed by atoms with E-state index in [1.165, 1.54) is 6.20 Å². The van der Waals surface area contributed by atoms with Crippen molar-refractivity contribution in [1.82, 2.24) is 4.98 Å². The average Bonchev–Trinajstić information content (AvgIpc) is 2.30. The lowest BCUT2D eigenvalue weighted by atomic mass is 10.3. The molecular formula is C11H13ClN2O3. The Kier molecular flexibility index (Phi) is 5.42. The van der Waals surface area contributed by atoms with Crippen LogP contribution in [0.4, 0.5) is 5.69 Å². The summed E-state index contributed by atoms with van der Waals surface area (Å²) in [7, 11) is 0. The maximum atomic E-state index is 11.4. The van der Waals surface area contributed by atoms with Gasteiger partial charge in [0.05, 0.1) is 24.9 Å². The molecule has 5 nitrogen and oxygen atoms in total. The standard InChI is InChI=1S/C11H13ClN2O3/c1-2-17-11(16)6-5-10(15)14-8-3-4-9(12)13-7-8/h3-4,7H,2,5-6H2,1H3,(H,14,15). The lowest BCUT2D eigenvalue weighted by molar-refractivity contribution is -0.144. The van der Waals surface area contributed by atoms with Gasteiger partial charge < -0.3 is 10.1 Å². The molecule has 1 amide bonds. The first kappa shape index (κ1) is 13.4. The van der Waals surface area contributed by atoms with Gasteiger partial charge in [-0.25, -0.2) is 4.98 Å². The van der Waals surface area contributed by atoms with Gasteiger partial charge in [-0.1, -0.05) is 11.6 Å². The number of hydrogen-bond acceptors (Lipinski definition) is 4. The topological polar surface area (TPSA) is 68.3 Å². The van der Waals surface area contributed by atoms with E-state index in [2.05, 4.69) is 10.3 Å². The van der Waals surface area contributed by atoms with Crippen molar-refractivity contribution in [2.75, 3.05) is 11.9 Å². The number of esters is 1. The molecule has 6 heteroatoms. The molecule has 1 N–H and O–H groups in total. The van der Waals surface area contributed by atoms with Gasteiger partial charge in [-0.05, 0) is 19.1 Å². The maximum absolute atomic E-state index is 11.4. The molecule has 0 aliphatic rings. The van der Waals surface area contributed by atoms with E-state index in [4.69, 9.17) is 16.3 Å². The molecule has 0 saturated carbocycles. The molecule has 92 valence electrons. The van der Waals surface area contributed by atoms with Gasteiger partial charge in [0.2, 0.25) is 5.91 Å². The van der Waals surface area contributed by atoms with Crippen LogP contribution in [0.3, 0.4) is 0 Å². The van der Waals surface area contributed by atoms with E-state index < -0.39 is 0 Å². The molecule has 1 rings (SSSR count). The largest absolute Gasteiger partial charge is 0.466 e. The number of amides is 1. The average molecular weight is 257 g/mol. The highest BCUT2D eigenvalue weighted by molar-refractivity contribution is 6.29. The van der Waals surface area contributed by atoms with Crippen LogP contribution < -0.4 is 5.32 Å². The minimum atomic E-state index is -0.378. The molecule has 1 aromatic heterocycles. The minimum Gasteiger partial charge on any atom is -0.466 e. The first-order chi connectivity index (χ1) is 8.11. The summed E-state index contributed by atoms with van der Waals surface area (Å²) in [6, 6.07) is 3.21. The minimum absolute atomic E-state index is 0.0701. The second-order valence-corrected chi connectivity index (χ2v) is 3.61. The number of pyridine rings is 1. The molecule has 1 aromatic rings. The quantitative estimate of drug-likeness (QED) is 0.646. The summed E-state index contributed by atoms with van der Waals surface area (Å²) >= 11 is 5.60. The van der Waals surface area contributed by atoms with Gasteiger partial charge >= 0.3 is 5.97 Å². The van der Waals surface area contributed by atoms with E-state index in [-0.39, 0.29) is 24.7 Å². The van der Waals surface area contributed by atoms with Gasteiger partial charge in [-0.15, -0.1) is 0 Å². The van der Waals surface area contributed by atoms with Crippen LogP contribution in [0.2, 0.25) is 5.15 Å². The van der Waals surface area contributed by atoms with Crippen LogP contribution in [0.25, 0.3) is 0 Å². The highest BCUT2D eigenvalue weighted by Crippen LogP contribution is 2.10. The highest BCUT2D eigenvalue weighted by atomic mass is 35.5. The summed E-state index contributed by atoms with van der Waals surface area (Å²) < 4.78 is 4.71. The van der Waals surface area contributed by atoms with Crippen molar-refractivity contribution >= 4 is 29.2 Å². The first-order valence-corrected chi connectivity index (χ1v) is 5.56. The third-order valence-corrected chi connectivity index (χ3v) is 2.10. The second kappa shape index (κ2) is 6.85. The molecule has 0 aliphatic heterocycles. The Bertz CT molecular complexity index is 392. The van der Waals surface area contributed by atoms with Crippen LogP contribution in [0.1, 0.15) is 19.8 Å². The van der Waals surface area contributed by atoms with Gasteiger partial charge in [0.25, 0.3) is 0 Å². The molecule has 0 radical (unpaired) electrons. The Labute approximate surface area is 104 Å². The van der Waals surface area contributed by atoms with Gasteiger partial charge in [-0.3, -0.25) is 9.59 Å². The normalized spacial score (nSPS) is 9.76. The zero-order valence-electron chi connectivity index (χ0n) is 9.40. The zero-order valence-corrected chi connectivity index (χ0v) is 10.2. The SMILES string of the molecule is CCOC(=O)CCC(=O)Nc1ccc(Cl)nc1. The molecule has 0 spiro atoms. The summed E-state index contributed by atoms with van der Waals surface area (Å²) in [5.41, 5.74) is 0.545. The van der Waals surface area contributed by atoms with Crippen LogP contribution >= 0.6 is 11.6 Å². The fourth-order valence-electron chi connectivity index (χ4n) is 1.12. The molecule has 1 heterocycles. The van der Waals surface area contributed by atoms with E-state index in [1.807, 2.05) is 0 Å². The number of hydrogen-bond donors (Lipinski definition) is 1. The molecule has 0 bridgehead atoms. The van der Waals surface area contributed by atoms with Gasteiger partial charge in [0.1, 0.15) is 5.15 Å². The number of nitrogens with one attached hydrogen (secondary N) is 1. The van der Waals surface area contributed by atoms with E-state index in [0.29, 0.717) is 17.4 Å². The first-order valence-electron chi connectivity index (χ1n) is 5.19. The van der Waals surface area contributed by atoms with Gasteiger partial charge in [-0.2, -0.15) is 0 Å². The molecular weight excluding hydrogens is 244 g/mol. The van der Waals surface area contributed by atoms with E-state index in [1.54, 1.807) is 19.1 Å². The van der Waals surface area contributed by atoms with Crippen LogP contribution in [0.15, 0.2) is 18.3 Å². The zero-order chi connectivity index (χ0) is 12.7. The third-order valence-electron chi connectivity index (χ3n) is 1.87. The summed E-state index contributed by atoms with van der Waals surface area (Å²) in [4.78, 5) is 26.3. The Morgan fingerprint density at radius 3 is 2.76 bits per heavy atom. The number of halogens is 1. The Morgan fingerprint density at radius 1 is 1.41 bits per heavy atom. The Balaban J connectivity index is 2.34. The Hall–Kier alpha value is -1.62. The van der Waals surface area contributed by atoms with Crippen LogP contribution in [0, 0.1) is 0 Å². The molecule has 0 atom stereocenters. The van der Waals surface area contributed by atoms with E-state index >= 15 is 0 Å². The third kappa shape index (κ3) is 5.31. The van der Waals surface area contributed by atoms with Crippen molar-refractivity contribution in [3.63, 3.8) is 0 Å². The molecule has 0 fully saturated rings. The van der Waals surface area contributed by atoms with Crippen LogP contribution in [0.5, 0.6) is 0 Å². The van der Waals surface area contributed by atoms with Crippen molar-refractivity contribution in [3.8, 4) is 0 Å². The van der Waals surface area contributed by atoms with Crippen molar-refractivity contribution in [3.05, 3.63) is 23.5 Å². The number of aromatic nitrogens is 1. The Morgan fingerprint density at radius 2 is 2.18 bits per heavy atom. The van der Waals surface area contributed by atoms with Crippen LogP contribution in [-0.2, 0) is 14.3 Å². The van der Waals surface area contributed by atoms with E-state index in [9.17, 15) is 9.59 Å². The monoisotopic (exact) mass is 256 g/mol. The maximum Gasteiger partial charge on any atom is 0.306 e. The predicted molar refractivity (Wildman–Crippen MR) is 63.7 cm³/mol. The predicted octanol–water partition coefficient (Wildman–Crippen LogP) is 2.02.